The number of fused-ring (bicyclic) bond motifs is 2. The quantitative estimate of drug-likeness (QED) is 0.106. The number of carbonyl (C=O) groups excluding carboxylic acids is 1. The van der Waals surface area contributed by atoms with Crippen molar-refractivity contribution in [2.45, 2.75) is 37.8 Å². The Kier molecular flexibility index (Phi) is 13.5. The molecule has 6 aromatic heterocycles. The van der Waals surface area contributed by atoms with Crippen LogP contribution in [0.5, 0.6) is 11.8 Å². The van der Waals surface area contributed by atoms with Crippen LogP contribution >= 0.6 is 23.2 Å². The molecule has 22 nitrogen and oxygen atoms in total. The topological polar surface area (TPSA) is 282 Å². The molecule has 2 fully saturated rings. The summed E-state index contributed by atoms with van der Waals surface area (Å²) < 4.78 is 3.28. The average molecular weight is 977 g/mol. The van der Waals surface area contributed by atoms with Gasteiger partial charge in [-0.3, -0.25) is 20.0 Å². The highest BCUT2D eigenvalue weighted by Gasteiger charge is 2.24. The first kappa shape index (κ1) is 46.2. The molecule has 356 valence electrons. The van der Waals surface area contributed by atoms with Crippen LogP contribution in [0, 0.1) is 0 Å². The minimum Gasteiger partial charge on any atom is -0.493 e. The summed E-state index contributed by atoms with van der Waals surface area (Å²) in [5, 5.41) is 41.1. The summed E-state index contributed by atoms with van der Waals surface area (Å²) in [6, 6.07) is 18.5. The van der Waals surface area contributed by atoms with Crippen LogP contribution in [0.3, 0.4) is 0 Å². The number of aromatic nitrogens is 10. The molecule has 9 N–H and O–H groups in total. The monoisotopic (exact) mass is 975 g/mol. The van der Waals surface area contributed by atoms with Gasteiger partial charge in [0.1, 0.15) is 23.0 Å². The number of hydrogen-bond acceptors (Lipinski definition) is 14. The fraction of sp³-hybridized carbons (Fsp3) is 0.267. The lowest BCUT2D eigenvalue weighted by molar-refractivity contribution is 0.156. The number of amides is 2. The maximum absolute atomic E-state index is 12.3. The van der Waals surface area contributed by atoms with Crippen LogP contribution in [-0.4, -0.2) is 128 Å². The molecule has 24 heteroatoms. The Bertz CT molecular complexity index is 3540. The lowest BCUT2D eigenvalue weighted by Crippen LogP contribution is -2.45. The van der Waals surface area contributed by atoms with Gasteiger partial charge in [-0.25, -0.2) is 24.4 Å². The van der Waals surface area contributed by atoms with Crippen LogP contribution < -0.4 is 48.7 Å². The molecule has 0 aliphatic carbocycles. The van der Waals surface area contributed by atoms with Gasteiger partial charge in [-0.2, -0.15) is 19.2 Å². The summed E-state index contributed by atoms with van der Waals surface area (Å²) in [7, 11) is 3.49. The number of halogens is 2. The summed E-state index contributed by atoms with van der Waals surface area (Å²) in [6.45, 7) is 3.08. The van der Waals surface area contributed by atoms with Crippen molar-refractivity contribution in [2.75, 3.05) is 50.9 Å². The van der Waals surface area contributed by atoms with E-state index in [1.54, 1.807) is 76.8 Å². The average Bonchev–Trinajstić information content (AvgIpc) is 4.09. The van der Waals surface area contributed by atoms with Crippen molar-refractivity contribution < 1.29 is 15.0 Å². The fourth-order valence-electron chi connectivity index (χ4n) is 7.95. The molecule has 0 spiro atoms. The van der Waals surface area contributed by atoms with E-state index >= 15 is 0 Å². The van der Waals surface area contributed by atoms with Crippen molar-refractivity contribution in [2.24, 2.45) is 9.98 Å². The number of rotatable bonds is 8. The maximum atomic E-state index is 12.3. The third-order valence-electron chi connectivity index (χ3n) is 11.3. The van der Waals surface area contributed by atoms with E-state index < -0.39 is 11.4 Å². The summed E-state index contributed by atoms with van der Waals surface area (Å²) in [4.78, 5) is 67.8. The number of nitrogens with zero attached hydrogens (tertiary/aromatic N) is 10. The van der Waals surface area contributed by atoms with Gasteiger partial charge in [-0.1, -0.05) is 35.3 Å². The van der Waals surface area contributed by atoms with E-state index in [2.05, 4.69) is 46.1 Å². The van der Waals surface area contributed by atoms with Gasteiger partial charge in [0.05, 0.1) is 24.5 Å². The van der Waals surface area contributed by atoms with Crippen LogP contribution in [0.25, 0.3) is 23.4 Å². The Morgan fingerprint density at radius 2 is 1.17 bits per heavy atom. The third kappa shape index (κ3) is 10.9. The molecule has 2 amide bonds. The van der Waals surface area contributed by atoms with E-state index in [-0.39, 0.29) is 41.3 Å². The standard InChI is InChI=1S/C24H26ClN9O3.C21H21ClN8O2/c1-32(2)24(37)33-8-6-16(7-9-33)28-20-12-19(27-17-5-3-4-15(25)11-17)30-21-14(13-26-34(20)21)10-18-22(35)31-23(36)29-18;22-13-2-1-3-15(9-13)25-17-10-18(26-14-4-6-23-7-5-14)30-19(28-17)12(11-24-30)8-16-20(31)29-21(32)27-16/h3-5,10-13,16,27,35H,6-9H2,1-2H3,(H2,29,31,36);1-3,8-11,14,23,25,31H,4-7H2,(H2,27,29,32). The number of aromatic hydroxyl groups is 2. The van der Waals surface area contributed by atoms with E-state index in [0.29, 0.717) is 67.5 Å². The lowest BCUT2D eigenvalue weighted by atomic mass is 10.1. The minimum atomic E-state index is -0.522. The fourth-order valence-corrected chi connectivity index (χ4v) is 8.33. The molecular formula is C45H47Cl2N17O5. The zero-order valence-corrected chi connectivity index (χ0v) is 38.8. The number of H-pyrrole nitrogens is 4. The third-order valence-corrected chi connectivity index (χ3v) is 11.8. The SMILES string of the molecule is CN(C)C(=O)N1CCC(N=c2cc(Nc3cccc(Cl)c3)nc3c(=Cc4[nH]c(=O)[nH]c4O)cnn23)CC1.O=c1[nH]c(O)c(C=c2cnn3c(=NC4CCNCC4)cc(Nc4cccc(Cl)c4)nc23)[nH]1. The van der Waals surface area contributed by atoms with Gasteiger partial charge in [-0.15, -0.1) is 0 Å². The van der Waals surface area contributed by atoms with Crippen molar-refractivity contribution in [3.05, 3.63) is 137 Å². The molecule has 0 radical (unpaired) electrons. The van der Waals surface area contributed by atoms with Crippen LogP contribution in [0.4, 0.5) is 27.8 Å². The number of carbonyl (C=O) groups is 1. The Hall–Kier alpha value is -7.95. The summed E-state index contributed by atoms with van der Waals surface area (Å²) in [6.07, 6.45) is 9.74. The Morgan fingerprint density at radius 1 is 0.710 bits per heavy atom. The van der Waals surface area contributed by atoms with E-state index in [4.69, 9.17) is 43.2 Å². The van der Waals surface area contributed by atoms with E-state index in [9.17, 15) is 24.6 Å². The smallest absolute Gasteiger partial charge is 0.326 e. The number of nitrogens with one attached hydrogen (secondary N) is 7. The molecule has 8 heterocycles. The normalized spacial score (nSPS) is 15.8. The summed E-state index contributed by atoms with van der Waals surface area (Å²) in [5.74, 6) is 0.578. The predicted molar refractivity (Wildman–Crippen MR) is 260 cm³/mol. The first-order chi connectivity index (χ1) is 33.3. The number of anilines is 4. The van der Waals surface area contributed by atoms with Crippen LogP contribution in [0.15, 0.2) is 92.6 Å². The van der Waals surface area contributed by atoms with Crippen molar-refractivity contribution in [1.29, 1.82) is 0 Å². The second-order valence-corrected chi connectivity index (χ2v) is 17.4. The molecule has 2 aliphatic rings. The van der Waals surface area contributed by atoms with Crippen LogP contribution in [-0.2, 0) is 0 Å². The Balaban J connectivity index is 0.000000174. The molecule has 0 atom stereocenters. The van der Waals surface area contributed by atoms with Crippen LogP contribution in [0.2, 0.25) is 10.0 Å². The van der Waals surface area contributed by atoms with Gasteiger partial charge in [0.25, 0.3) is 0 Å². The molecule has 0 saturated carbocycles. The number of hydrogen-bond donors (Lipinski definition) is 9. The number of likely N-dealkylation sites (tertiary alicyclic amines) is 1. The predicted octanol–water partition coefficient (Wildman–Crippen LogP) is 2.49. The van der Waals surface area contributed by atoms with Crippen LogP contribution in [0.1, 0.15) is 37.1 Å². The zero-order valence-electron chi connectivity index (χ0n) is 37.2. The first-order valence-corrected chi connectivity index (χ1v) is 22.7. The highest BCUT2D eigenvalue weighted by atomic mass is 35.5. The zero-order chi connectivity index (χ0) is 48.2. The number of aromatic amines is 4. The molecule has 69 heavy (non-hydrogen) atoms. The molecular weight excluding hydrogens is 930 g/mol. The molecule has 2 saturated heterocycles. The van der Waals surface area contributed by atoms with Gasteiger partial charge in [0, 0.05) is 71.2 Å². The summed E-state index contributed by atoms with van der Waals surface area (Å²) in [5.41, 5.74) is 3.25. The lowest BCUT2D eigenvalue weighted by Gasteiger charge is -2.32. The van der Waals surface area contributed by atoms with E-state index in [1.807, 2.05) is 41.3 Å². The second-order valence-electron chi connectivity index (χ2n) is 16.5. The van der Waals surface area contributed by atoms with Crippen molar-refractivity contribution >= 4 is 75.7 Å². The molecule has 0 unspecified atom stereocenters. The van der Waals surface area contributed by atoms with Crippen molar-refractivity contribution in [3.63, 3.8) is 0 Å². The second kappa shape index (κ2) is 20.1. The van der Waals surface area contributed by atoms with Gasteiger partial charge in [0.15, 0.2) is 22.3 Å². The van der Waals surface area contributed by atoms with E-state index in [0.717, 1.165) is 50.1 Å². The summed E-state index contributed by atoms with van der Waals surface area (Å²) >= 11 is 12.3. The van der Waals surface area contributed by atoms with Gasteiger partial charge < -0.3 is 45.9 Å². The molecule has 0 bridgehead atoms. The van der Waals surface area contributed by atoms with Crippen molar-refractivity contribution in [1.82, 2.24) is 64.2 Å². The minimum absolute atomic E-state index is 0.00228. The molecule has 2 aromatic carbocycles. The highest BCUT2D eigenvalue weighted by molar-refractivity contribution is 6.31. The Labute approximate surface area is 400 Å². The van der Waals surface area contributed by atoms with Gasteiger partial charge >= 0.3 is 17.4 Å². The number of benzene rings is 2. The highest BCUT2D eigenvalue weighted by Crippen LogP contribution is 2.21. The van der Waals surface area contributed by atoms with Crippen molar-refractivity contribution in [3.8, 4) is 11.8 Å². The number of urea groups is 1. The van der Waals surface area contributed by atoms with E-state index in [1.165, 1.54) is 0 Å². The first-order valence-electron chi connectivity index (χ1n) is 22.0. The Morgan fingerprint density at radius 3 is 1.59 bits per heavy atom. The molecule has 10 rings (SSSR count). The maximum Gasteiger partial charge on any atom is 0.326 e. The molecule has 2 aliphatic heterocycles. The largest absolute Gasteiger partial charge is 0.493 e. The number of piperidine rings is 2. The van der Waals surface area contributed by atoms with Gasteiger partial charge in [-0.05, 0) is 87.3 Å². The number of imidazole rings is 2. The van der Waals surface area contributed by atoms with Gasteiger partial charge in [0.2, 0.25) is 11.8 Å². The molecule has 8 aromatic rings.